The lowest BCUT2D eigenvalue weighted by Crippen LogP contribution is -2.45. The predicted octanol–water partition coefficient (Wildman–Crippen LogP) is 3.15. The van der Waals surface area contributed by atoms with Gasteiger partial charge in [-0.05, 0) is 47.4 Å². The fraction of sp³-hybridized carbons (Fsp3) is 0.417. The van der Waals surface area contributed by atoms with Crippen molar-refractivity contribution in [1.82, 2.24) is 10.6 Å². The summed E-state index contributed by atoms with van der Waals surface area (Å²) in [4.78, 5) is 11.9. The summed E-state index contributed by atoms with van der Waals surface area (Å²) in [6.07, 6.45) is 1.92. The molecule has 1 aromatic carbocycles. The molecule has 1 aliphatic rings. The zero-order chi connectivity index (χ0) is 13.1. The van der Waals surface area contributed by atoms with Gasteiger partial charge in [-0.25, -0.2) is 4.39 Å². The van der Waals surface area contributed by atoms with E-state index in [9.17, 15) is 9.18 Å². The van der Waals surface area contributed by atoms with Gasteiger partial charge in [-0.2, -0.15) is 0 Å². The zero-order valence-corrected chi connectivity index (χ0v) is 13.2. The van der Waals surface area contributed by atoms with Gasteiger partial charge in [0.2, 0.25) is 0 Å². The molecule has 3 nitrogen and oxygen atoms in total. The minimum absolute atomic E-state index is 0. The van der Waals surface area contributed by atoms with Gasteiger partial charge in [0, 0.05) is 17.1 Å². The molecule has 0 unspecified atom stereocenters. The maximum absolute atomic E-state index is 13.7. The van der Waals surface area contributed by atoms with Crippen LogP contribution in [-0.2, 0) is 0 Å². The van der Waals surface area contributed by atoms with Crippen molar-refractivity contribution in [2.45, 2.75) is 18.9 Å². The summed E-state index contributed by atoms with van der Waals surface area (Å²) in [7, 11) is 0. The molecule has 2 rings (SSSR count). The lowest BCUT2D eigenvalue weighted by molar-refractivity contribution is 0.0926. The van der Waals surface area contributed by atoms with Gasteiger partial charge >= 0.3 is 0 Å². The first-order valence-corrected chi connectivity index (χ1v) is 6.91. The fourth-order valence-electron chi connectivity index (χ4n) is 1.93. The highest BCUT2D eigenvalue weighted by atomic mass is 79.9. The molecule has 106 valence electrons. The first-order valence-electron chi connectivity index (χ1n) is 5.74. The molecule has 1 amide bonds. The summed E-state index contributed by atoms with van der Waals surface area (Å²) in [5, 5.41) is 6.31. The van der Waals surface area contributed by atoms with Crippen LogP contribution in [0.1, 0.15) is 23.2 Å². The SMILES string of the molecule is Cl.O=C(N[C@H]1CCCNC1)c1cc(Cl)c(Br)cc1F. The fourth-order valence-corrected chi connectivity index (χ4v) is 2.41. The molecule has 1 atom stereocenters. The van der Waals surface area contributed by atoms with Crippen LogP contribution in [0.2, 0.25) is 5.02 Å². The van der Waals surface area contributed by atoms with E-state index in [1.165, 1.54) is 12.1 Å². The topological polar surface area (TPSA) is 41.1 Å². The second-order valence-corrected chi connectivity index (χ2v) is 5.52. The van der Waals surface area contributed by atoms with E-state index in [4.69, 9.17) is 11.6 Å². The van der Waals surface area contributed by atoms with Crippen molar-refractivity contribution in [3.63, 3.8) is 0 Å². The molecule has 0 radical (unpaired) electrons. The number of rotatable bonds is 2. The van der Waals surface area contributed by atoms with Crippen molar-refractivity contribution < 1.29 is 9.18 Å². The Labute approximate surface area is 130 Å². The molecular formula is C12H14BrCl2FN2O. The highest BCUT2D eigenvalue weighted by Gasteiger charge is 2.19. The van der Waals surface area contributed by atoms with Crippen molar-refractivity contribution in [2.24, 2.45) is 0 Å². The Hall–Kier alpha value is -0.360. The molecule has 1 fully saturated rings. The third kappa shape index (κ3) is 4.31. The Morgan fingerprint density at radius 2 is 2.26 bits per heavy atom. The van der Waals surface area contributed by atoms with E-state index in [0.717, 1.165) is 25.9 Å². The Morgan fingerprint density at radius 1 is 1.53 bits per heavy atom. The summed E-state index contributed by atoms with van der Waals surface area (Å²) in [5.74, 6) is -0.997. The predicted molar refractivity (Wildman–Crippen MR) is 79.7 cm³/mol. The van der Waals surface area contributed by atoms with Crippen LogP contribution in [0.5, 0.6) is 0 Å². The number of amides is 1. The monoisotopic (exact) mass is 370 g/mol. The summed E-state index contributed by atoms with van der Waals surface area (Å²) < 4.78 is 14.1. The van der Waals surface area contributed by atoms with Gasteiger partial charge in [-0.1, -0.05) is 11.6 Å². The van der Waals surface area contributed by atoms with Crippen LogP contribution in [0.25, 0.3) is 0 Å². The second-order valence-electron chi connectivity index (χ2n) is 4.26. The van der Waals surface area contributed by atoms with E-state index in [-0.39, 0.29) is 24.0 Å². The average Bonchev–Trinajstić information content (AvgIpc) is 2.35. The van der Waals surface area contributed by atoms with Crippen LogP contribution in [-0.4, -0.2) is 25.0 Å². The lowest BCUT2D eigenvalue weighted by atomic mass is 10.1. The molecule has 19 heavy (non-hydrogen) atoms. The van der Waals surface area contributed by atoms with E-state index >= 15 is 0 Å². The number of benzene rings is 1. The Balaban J connectivity index is 0.00000180. The van der Waals surface area contributed by atoms with Crippen LogP contribution < -0.4 is 10.6 Å². The number of hydrogen-bond donors (Lipinski definition) is 2. The van der Waals surface area contributed by atoms with E-state index < -0.39 is 11.7 Å². The molecule has 0 spiro atoms. The van der Waals surface area contributed by atoms with Crippen LogP contribution in [0, 0.1) is 5.82 Å². The molecule has 7 heteroatoms. The molecule has 0 aliphatic carbocycles. The standard InChI is InChI=1S/C12H13BrClFN2O.ClH/c13-9-5-11(15)8(4-10(9)14)12(18)17-7-2-1-3-16-6-7;/h4-5,7,16H,1-3,6H2,(H,17,18);1H/t7-;/m0./s1. The first-order chi connectivity index (χ1) is 8.58. The minimum Gasteiger partial charge on any atom is -0.348 e. The maximum atomic E-state index is 13.7. The maximum Gasteiger partial charge on any atom is 0.254 e. The van der Waals surface area contributed by atoms with Crippen molar-refractivity contribution in [3.8, 4) is 0 Å². The number of piperidine rings is 1. The molecule has 0 bridgehead atoms. The molecule has 1 aromatic rings. The average molecular weight is 372 g/mol. The molecule has 1 saturated heterocycles. The van der Waals surface area contributed by atoms with Crippen molar-refractivity contribution in [1.29, 1.82) is 0 Å². The Bertz CT molecular complexity index is 467. The van der Waals surface area contributed by atoms with Crippen LogP contribution in [0.4, 0.5) is 4.39 Å². The van der Waals surface area contributed by atoms with Gasteiger partial charge in [0.25, 0.3) is 5.91 Å². The van der Waals surface area contributed by atoms with Crippen molar-refractivity contribution in [2.75, 3.05) is 13.1 Å². The Morgan fingerprint density at radius 3 is 2.89 bits per heavy atom. The number of nitrogens with one attached hydrogen (secondary N) is 2. The third-order valence-corrected chi connectivity index (χ3v) is 4.08. The van der Waals surface area contributed by atoms with E-state index in [1.54, 1.807) is 0 Å². The number of carbonyl (C=O) groups excluding carboxylic acids is 1. The van der Waals surface area contributed by atoms with Crippen molar-refractivity contribution >= 4 is 45.8 Å². The highest BCUT2D eigenvalue weighted by molar-refractivity contribution is 9.10. The Kier molecular flexibility index (Phi) is 6.53. The smallest absolute Gasteiger partial charge is 0.254 e. The lowest BCUT2D eigenvalue weighted by Gasteiger charge is -2.23. The largest absolute Gasteiger partial charge is 0.348 e. The molecular weight excluding hydrogens is 358 g/mol. The molecule has 2 N–H and O–H groups in total. The molecule has 0 aromatic heterocycles. The van der Waals surface area contributed by atoms with Gasteiger partial charge in [-0.15, -0.1) is 12.4 Å². The van der Waals surface area contributed by atoms with Crippen molar-refractivity contribution in [3.05, 3.63) is 33.0 Å². The number of halogens is 4. The van der Waals surface area contributed by atoms with E-state index in [1.807, 2.05) is 0 Å². The first kappa shape index (κ1) is 16.7. The normalized spacial score (nSPS) is 18.6. The van der Waals surface area contributed by atoms with Crippen LogP contribution >= 0.6 is 39.9 Å². The quantitative estimate of drug-likeness (QED) is 0.784. The third-order valence-electron chi connectivity index (χ3n) is 2.89. The summed E-state index contributed by atoms with van der Waals surface area (Å²) in [6, 6.07) is 2.59. The summed E-state index contributed by atoms with van der Waals surface area (Å²) in [6.45, 7) is 1.68. The van der Waals surface area contributed by atoms with E-state index in [2.05, 4.69) is 26.6 Å². The van der Waals surface area contributed by atoms with Gasteiger partial charge in [0.15, 0.2) is 0 Å². The zero-order valence-electron chi connectivity index (χ0n) is 10.0. The second kappa shape index (κ2) is 7.43. The van der Waals surface area contributed by atoms with Gasteiger partial charge in [-0.3, -0.25) is 4.79 Å². The number of hydrogen-bond acceptors (Lipinski definition) is 2. The van der Waals surface area contributed by atoms with E-state index in [0.29, 0.717) is 9.50 Å². The van der Waals surface area contributed by atoms with Gasteiger partial charge < -0.3 is 10.6 Å². The summed E-state index contributed by atoms with van der Waals surface area (Å²) >= 11 is 8.98. The summed E-state index contributed by atoms with van der Waals surface area (Å²) in [5.41, 5.74) is -0.0197. The van der Waals surface area contributed by atoms with Crippen LogP contribution in [0.3, 0.4) is 0 Å². The molecule has 0 saturated carbocycles. The highest BCUT2D eigenvalue weighted by Crippen LogP contribution is 2.25. The van der Waals surface area contributed by atoms with Crippen LogP contribution in [0.15, 0.2) is 16.6 Å². The molecule has 1 heterocycles. The minimum atomic E-state index is -0.576. The molecule has 1 aliphatic heterocycles. The van der Waals surface area contributed by atoms with Gasteiger partial charge in [0.05, 0.1) is 10.6 Å². The van der Waals surface area contributed by atoms with Gasteiger partial charge in [0.1, 0.15) is 5.82 Å². The number of carbonyl (C=O) groups is 1.